The van der Waals surface area contributed by atoms with Gasteiger partial charge in [0.2, 0.25) is 0 Å². The van der Waals surface area contributed by atoms with Gasteiger partial charge in [0.25, 0.3) is 0 Å². The fourth-order valence-electron chi connectivity index (χ4n) is 4.10. The number of likely N-dealkylation sites (tertiary alicyclic amines) is 1. The number of ether oxygens (including phenoxy) is 1. The predicted molar refractivity (Wildman–Crippen MR) is 123 cm³/mol. The molecule has 4 rings (SSSR count). The Bertz CT molecular complexity index is 1000. The molecule has 1 spiro atoms. The Morgan fingerprint density at radius 1 is 1.08 bits per heavy atom. The molecule has 2 saturated heterocycles. The third-order valence-electron chi connectivity index (χ3n) is 6.18. The number of carboxylic acid groups (broad SMARTS) is 2. The minimum atomic E-state index is -5.08. The van der Waals surface area contributed by atoms with E-state index in [-0.39, 0.29) is 5.60 Å². The summed E-state index contributed by atoms with van der Waals surface area (Å²) in [5, 5.41) is 14.2. The Morgan fingerprint density at radius 3 is 2.13 bits per heavy atom. The molecule has 0 radical (unpaired) electrons. The lowest BCUT2D eigenvalue weighted by molar-refractivity contribution is -0.193. The molecule has 0 aliphatic carbocycles. The van der Waals surface area contributed by atoms with Crippen LogP contribution in [0, 0.1) is 0 Å². The van der Waals surface area contributed by atoms with Gasteiger partial charge in [0.05, 0.1) is 25.0 Å². The monoisotopic (exact) mass is 569 g/mol. The molecule has 15 heteroatoms. The molecule has 2 aromatic heterocycles. The summed E-state index contributed by atoms with van der Waals surface area (Å²) < 4.78 is 75.3. The molecular formula is C24H29F6N3O6. The van der Waals surface area contributed by atoms with E-state index in [0.29, 0.717) is 6.04 Å². The van der Waals surface area contributed by atoms with E-state index in [4.69, 9.17) is 29.0 Å². The van der Waals surface area contributed by atoms with E-state index < -0.39 is 24.3 Å². The van der Waals surface area contributed by atoms with Crippen molar-refractivity contribution in [2.45, 2.75) is 56.3 Å². The molecule has 1 unspecified atom stereocenters. The molecule has 1 atom stereocenters. The Kier molecular flexibility index (Phi) is 11.3. The van der Waals surface area contributed by atoms with E-state index in [1.54, 1.807) is 6.26 Å². The first-order valence-corrected chi connectivity index (χ1v) is 11.7. The average Bonchev–Trinajstić information content (AvgIpc) is 3.51. The van der Waals surface area contributed by atoms with Crippen LogP contribution >= 0.6 is 0 Å². The summed E-state index contributed by atoms with van der Waals surface area (Å²) in [5.74, 6) is -4.49. The third-order valence-corrected chi connectivity index (χ3v) is 6.18. The summed E-state index contributed by atoms with van der Waals surface area (Å²) in [6.07, 6.45) is -1.24. The molecule has 0 saturated carbocycles. The summed E-state index contributed by atoms with van der Waals surface area (Å²) in [6.45, 7) is 4.88. The minimum Gasteiger partial charge on any atom is -0.475 e. The smallest absolute Gasteiger partial charge is 0.475 e. The number of aromatic nitrogens is 1. The lowest BCUT2D eigenvalue weighted by Crippen LogP contribution is -2.44. The number of hydrogen-bond acceptors (Lipinski definition) is 7. The molecule has 0 bridgehead atoms. The summed E-state index contributed by atoms with van der Waals surface area (Å²) in [7, 11) is 2.17. The van der Waals surface area contributed by atoms with Gasteiger partial charge < -0.3 is 19.4 Å². The number of rotatable bonds is 5. The number of nitrogens with zero attached hydrogens (tertiary/aromatic N) is 3. The number of carboxylic acids is 2. The molecule has 4 heterocycles. The Balaban J connectivity index is 0.000000317. The van der Waals surface area contributed by atoms with Crippen molar-refractivity contribution in [1.29, 1.82) is 0 Å². The number of carbonyl (C=O) groups is 2. The molecule has 2 fully saturated rings. The van der Waals surface area contributed by atoms with E-state index >= 15 is 0 Å². The zero-order valence-corrected chi connectivity index (χ0v) is 20.9. The van der Waals surface area contributed by atoms with E-state index in [1.807, 2.05) is 30.6 Å². The van der Waals surface area contributed by atoms with E-state index in [1.165, 1.54) is 5.56 Å². The highest BCUT2D eigenvalue weighted by atomic mass is 19.4. The van der Waals surface area contributed by atoms with Crippen LogP contribution in [0.15, 0.2) is 47.3 Å². The number of pyridine rings is 1. The third kappa shape index (κ3) is 10.8. The largest absolute Gasteiger partial charge is 0.490 e. The number of hydrogen-bond donors (Lipinski definition) is 2. The van der Waals surface area contributed by atoms with Crippen molar-refractivity contribution < 1.29 is 55.3 Å². The van der Waals surface area contributed by atoms with Gasteiger partial charge in [-0.25, -0.2) is 9.59 Å². The van der Waals surface area contributed by atoms with Gasteiger partial charge in [0.1, 0.15) is 5.76 Å². The van der Waals surface area contributed by atoms with Crippen molar-refractivity contribution in [3.63, 3.8) is 0 Å². The van der Waals surface area contributed by atoms with E-state index in [9.17, 15) is 26.3 Å². The maximum absolute atomic E-state index is 10.6. The maximum Gasteiger partial charge on any atom is 0.490 e. The molecule has 2 N–H and O–H groups in total. The number of piperidine rings is 1. The van der Waals surface area contributed by atoms with Crippen LogP contribution in [0.5, 0.6) is 0 Å². The van der Waals surface area contributed by atoms with Crippen LogP contribution in [0.4, 0.5) is 26.3 Å². The fraction of sp³-hybridized carbons (Fsp3) is 0.542. The summed E-state index contributed by atoms with van der Waals surface area (Å²) >= 11 is 0. The second-order valence-corrected chi connectivity index (χ2v) is 9.09. The Morgan fingerprint density at radius 2 is 1.67 bits per heavy atom. The molecule has 2 aromatic rings. The van der Waals surface area contributed by atoms with Crippen LogP contribution in [0.3, 0.4) is 0 Å². The number of furan rings is 1. The highest BCUT2D eigenvalue weighted by molar-refractivity contribution is 5.73. The van der Waals surface area contributed by atoms with Crippen LogP contribution in [-0.2, 0) is 27.4 Å². The van der Waals surface area contributed by atoms with Gasteiger partial charge in [-0.05, 0) is 50.1 Å². The molecular weight excluding hydrogens is 540 g/mol. The Labute approximate surface area is 220 Å². The Hall–Kier alpha value is -3.17. The van der Waals surface area contributed by atoms with Crippen LogP contribution in [0.2, 0.25) is 0 Å². The second-order valence-electron chi connectivity index (χ2n) is 9.09. The number of halogens is 6. The normalized spacial score (nSPS) is 19.1. The lowest BCUT2D eigenvalue weighted by atomic mass is 9.87. The van der Waals surface area contributed by atoms with Gasteiger partial charge in [-0.15, -0.1) is 0 Å². The SMILES string of the molecule is CN(Cc1ccco1)C1COC2(CCN(Cc3cccnc3)CC2)C1.O=C(O)C(F)(F)F.O=C(O)C(F)(F)F. The zero-order valence-electron chi connectivity index (χ0n) is 20.9. The quantitative estimate of drug-likeness (QED) is 0.511. The summed E-state index contributed by atoms with van der Waals surface area (Å²) in [5.41, 5.74) is 1.37. The van der Waals surface area contributed by atoms with E-state index in [0.717, 1.165) is 57.8 Å². The van der Waals surface area contributed by atoms with Crippen LogP contribution in [0.1, 0.15) is 30.6 Å². The fourth-order valence-corrected chi connectivity index (χ4v) is 4.10. The number of likely N-dealkylation sites (N-methyl/N-ethyl adjacent to an activating group) is 1. The van der Waals surface area contributed by atoms with Gasteiger partial charge >= 0.3 is 24.3 Å². The van der Waals surface area contributed by atoms with Crippen molar-refractivity contribution in [3.8, 4) is 0 Å². The van der Waals surface area contributed by atoms with Crippen molar-refractivity contribution in [1.82, 2.24) is 14.8 Å². The van der Waals surface area contributed by atoms with Crippen LogP contribution in [-0.4, -0.2) is 87.7 Å². The van der Waals surface area contributed by atoms with Crippen molar-refractivity contribution in [3.05, 3.63) is 54.2 Å². The van der Waals surface area contributed by atoms with Crippen molar-refractivity contribution in [2.24, 2.45) is 0 Å². The molecule has 39 heavy (non-hydrogen) atoms. The molecule has 2 aliphatic rings. The predicted octanol–water partition coefficient (Wildman–Crippen LogP) is 4.20. The minimum absolute atomic E-state index is 0.0769. The molecule has 0 aromatic carbocycles. The first kappa shape index (κ1) is 32.0. The molecule has 218 valence electrons. The van der Waals surface area contributed by atoms with Crippen molar-refractivity contribution in [2.75, 3.05) is 26.7 Å². The standard InChI is InChI=1S/C20H27N3O2.2C2HF3O2/c1-22(15-19-5-3-11-24-19)18-12-20(25-16-18)6-9-23(10-7-20)14-17-4-2-8-21-13-17;2*3-2(4,5)1(6)7/h2-5,8,11,13,18H,6-7,9-10,12,14-16H2,1H3;2*(H,6,7). The number of alkyl halides is 6. The van der Waals surface area contributed by atoms with E-state index in [2.05, 4.69) is 27.9 Å². The summed E-state index contributed by atoms with van der Waals surface area (Å²) in [4.78, 5) is 26.9. The first-order valence-electron chi connectivity index (χ1n) is 11.7. The molecule has 9 nitrogen and oxygen atoms in total. The molecule has 2 aliphatic heterocycles. The van der Waals surface area contributed by atoms with Crippen LogP contribution < -0.4 is 0 Å². The van der Waals surface area contributed by atoms with Crippen molar-refractivity contribution >= 4 is 11.9 Å². The highest BCUT2D eigenvalue weighted by Gasteiger charge is 2.44. The first-order chi connectivity index (χ1) is 18.1. The maximum atomic E-state index is 10.6. The topological polar surface area (TPSA) is 116 Å². The zero-order chi connectivity index (χ0) is 29.3. The van der Waals surface area contributed by atoms with Gasteiger partial charge in [0.15, 0.2) is 0 Å². The average molecular weight is 569 g/mol. The lowest BCUT2D eigenvalue weighted by Gasteiger charge is -2.39. The van der Waals surface area contributed by atoms with Crippen LogP contribution in [0.25, 0.3) is 0 Å². The van der Waals surface area contributed by atoms with Gasteiger partial charge in [-0.2, -0.15) is 26.3 Å². The van der Waals surface area contributed by atoms with Gasteiger partial charge in [-0.3, -0.25) is 14.8 Å². The molecule has 0 amide bonds. The number of aliphatic carboxylic acids is 2. The van der Waals surface area contributed by atoms with Gasteiger partial charge in [0, 0.05) is 38.1 Å². The van der Waals surface area contributed by atoms with Gasteiger partial charge in [-0.1, -0.05) is 6.07 Å². The second kappa shape index (κ2) is 13.8. The summed E-state index contributed by atoms with van der Waals surface area (Å²) in [6, 6.07) is 8.64. The highest BCUT2D eigenvalue weighted by Crippen LogP contribution is 2.38.